The molecule has 4 heteroatoms. The third-order valence-electron chi connectivity index (χ3n) is 3.68. The summed E-state index contributed by atoms with van der Waals surface area (Å²) in [5, 5.41) is 3.31. The Bertz CT molecular complexity index is 371. The molecule has 0 aromatic heterocycles. The fourth-order valence-corrected chi connectivity index (χ4v) is 2.53. The van der Waals surface area contributed by atoms with Gasteiger partial charge in [0.15, 0.2) is 0 Å². The molecule has 1 heterocycles. The molecule has 1 atom stereocenters. The van der Waals surface area contributed by atoms with Gasteiger partial charge in [0.05, 0.1) is 13.2 Å². The van der Waals surface area contributed by atoms with E-state index in [-0.39, 0.29) is 0 Å². The van der Waals surface area contributed by atoms with Gasteiger partial charge in [-0.25, -0.2) is 0 Å². The monoisotopic (exact) mass is 263 g/mol. The van der Waals surface area contributed by atoms with Crippen LogP contribution in [0.3, 0.4) is 0 Å². The van der Waals surface area contributed by atoms with E-state index in [1.807, 2.05) is 7.05 Å². The number of nitrogens with one attached hydrogen (secondary N) is 1. The van der Waals surface area contributed by atoms with Crippen LogP contribution in [0.4, 0.5) is 5.69 Å². The Kier molecular flexibility index (Phi) is 5.19. The number of morpholine rings is 1. The van der Waals surface area contributed by atoms with Crippen LogP contribution < -0.4 is 10.2 Å². The topological polar surface area (TPSA) is 27.7 Å². The molecule has 1 N–H and O–H groups in total. The quantitative estimate of drug-likeness (QED) is 0.868. The number of nitrogens with zero attached hydrogens (tertiary/aromatic N) is 2. The molecule has 0 saturated carbocycles. The number of benzene rings is 1. The maximum absolute atomic E-state index is 5.45. The fourth-order valence-electron chi connectivity index (χ4n) is 2.53. The van der Waals surface area contributed by atoms with Crippen LogP contribution in [0.15, 0.2) is 24.3 Å². The van der Waals surface area contributed by atoms with E-state index in [4.69, 9.17) is 4.74 Å². The van der Waals surface area contributed by atoms with Crippen LogP contribution in [0, 0.1) is 0 Å². The second-order valence-electron chi connectivity index (χ2n) is 5.21. The zero-order chi connectivity index (χ0) is 13.7. The molecule has 0 bridgehead atoms. The molecule has 19 heavy (non-hydrogen) atoms. The highest BCUT2D eigenvalue weighted by Crippen LogP contribution is 2.23. The molecule has 0 aliphatic carbocycles. The van der Waals surface area contributed by atoms with Crippen molar-refractivity contribution >= 4 is 5.69 Å². The van der Waals surface area contributed by atoms with Crippen LogP contribution in [0.5, 0.6) is 0 Å². The molecule has 2 rings (SSSR count). The zero-order valence-electron chi connectivity index (χ0n) is 12.2. The summed E-state index contributed by atoms with van der Waals surface area (Å²) >= 11 is 0. The van der Waals surface area contributed by atoms with Gasteiger partial charge in [-0.2, -0.15) is 0 Å². The Morgan fingerprint density at radius 1 is 1.21 bits per heavy atom. The molecule has 1 unspecified atom stereocenters. The smallest absolute Gasteiger partial charge is 0.0594 e. The highest BCUT2D eigenvalue weighted by atomic mass is 16.5. The van der Waals surface area contributed by atoms with Crippen LogP contribution in [0.25, 0.3) is 0 Å². The van der Waals surface area contributed by atoms with Crippen LogP contribution in [-0.4, -0.2) is 58.9 Å². The molecule has 106 valence electrons. The first kappa shape index (κ1) is 14.3. The van der Waals surface area contributed by atoms with Gasteiger partial charge in [0.25, 0.3) is 0 Å². The molecule has 0 spiro atoms. The van der Waals surface area contributed by atoms with Crippen molar-refractivity contribution in [3.63, 3.8) is 0 Å². The molecule has 1 aromatic rings. The molecule has 1 aliphatic rings. The van der Waals surface area contributed by atoms with Crippen molar-refractivity contribution in [2.45, 2.75) is 6.04 Å². The van der Waals surface area contributed by atoms with Gasteiger partial charge in [0.2, 0.25) is 0 Å². The highest BCUT2D eigenvalue weighted by molar-refractivity contribution is 5.46. The molecule has 0 amide bonds. The van der Waals surface area contributed by atoms with Crippen LogP contribution >= 0.6 is 0 Å². The summed E-state index contributed by atoms with van der Waals surface area (Å²) in [6.45, 7) is 4.69. The van der Waals surface area contributed by atoms with Gasteiger partial charge < -0.3 is 15.0 Å². The SMILES string of the molecule is CNCC(c1ccc(N(C)C)cc1)N1CCOCC1. The Morgan fingerprint density at radius 3 is 2.37 bits per heavy atom. The van der Waals surface area contributed by atoms with Crippen molar-refractivity contribution in [3.05, 3.63) is 29.8 Å². The van der Waals surface area contributed by atoms with Crippen molar-refractivity contribution < 1.29 is 4.74 Å². The number of rotatable bonds is 5. The lowest BCUT2D eigenvalue weighted by atomic mass is 10.0. The van der Waals surface area contributed by atoms with Crippen LogP contribution in [-0.2, 0) is 4.74 Å². The second-order valence-corrected chi connectivity index (χ2v) is 5.21. The number of hydrogen-bond donors (Lipinski definition) is 1. The Balaban J connectivity index is 2.13. The van der Waals surface area contributed by atoms with Gasteiger partial charge in [-0.15, -0.1) is 0 Å². The van der Waals surface area contributed by atoms with E-state index in [0.29, 0.717) is 6.04 Å². The largest absolute Gasteiger partial charge is 0.379 e. The summed E-state index contributed by atoms with van der Waals surface area (Å²) in [4.78, 5) is 4.64. The predicted octanol–water partition coefficient (Wildman–Crippen LogP) is 1.35. The maximum atomic E-state index is 5.45. The lowest BCUT2D eigenvalue weighted by Crippen LogP contribution is -2.42. The minimum Gasteiger partial charge on any atom is -0.379 e. The number of anilines is 1. The summed E-state index contributed by atoms with van der Waals surface area (Å²) in [7, 11) is 6.16. The van der Waals surface area contributed by atoms with Crippen molar-refractivity contribution in [2.75, 3.05) is 58.9 Å². The first-order valence-electron chi connectivity index (χ1n) is 6.96. The van der Waals surface area contributed by atoms with E-state index in [9.17, 15) is 0 Å². The summed E-state index contributed by atoms with van der Waals surface area (Å²) in [6.07, 6.45) is 0. The summed E-state index contributed by atoms with van der Waals surface area (Å²) in [5.41, 5.74) is 2.62. The molecule has 1 aliphatic heterocycles. The van der Waals surface area contributed by atoms with E-state index in [0.717, 1.165) is 32.8 Å². The molecule has 4 nitrogen and oxygen atoms in total. The number of likely N-dealkylation sites (N-methyl/N-ethyl adjacent to an activating group) is 1. The Morgan fingerprint density at radius 2 is 1.84 bits per heavy atom. The van der Waals surface area contributed by atoms with E-state index in [2.05, 4.69) is 53.5 Å². The van der Waals surface area contributed by atoms with Crippen molar-refractivity contribution in [3.8, 4) is 0 Å². The Hall–Kier alpha value is -1.10. The van der Waals surface area contributed by atoms with Gasteiger partial charge in [-0.3, -0.25) is 4.90 Å². The lowest BCUT2D eigenvalue weighted by Gasteiger charge is -2.35. The average Bonchev–Trinajstić information content (AvgIpc) is 2.46. The fraction of sp³-hybridized carbons (Fsp3) is 0.600. The van der Waals surface area contributed by atoms with Crippen LogP contribution in [0.1, 0.15) is 11.6 Å². The third kappa shape index (κ3) is 3.69. The molecular weight excluding hydrogens is 238 g/mol. The van der Waals surface area contributed by atoms with Gasteiger partial charge in [-0.05, 0) is 24.7 Å². The first-order chi connectivity index (χ1) is 9.22. The minimum absolute atomic E-state index is 0.435. The summed E-state index contributed by atoms with van der Waals surface area (Å²) in [6, 6.07) is 9.31. The van der Waals surface area contributed by atoms with E-state index < -0.39 is 0 Å². The second kappa shape index (κ2) is 6.89. The predicted molar refractivity (Wildman–Crippen MR) is 79.8 cm³/mol. The molecular formula is C15H25N3O. The molecule has 1 saturated heterocycles. The molecule has 1 fully saturated rings. The van der Waals surface area contributed by atoms with Crippen molar-refractivity contribution in [2.24, 2.45) is 0 Å². The zero-order valence-corrected chi connectivity index (χ0v) is 12.2. The highest BCUT2D eigenvalue weighted by Gasteiger charge is 2.21. The van der Waals surface area contributed by atoms with Crippen LogP contribution in [0.2, 0.25) is 0 Å². The van der Waals surface area contributed by atoms with E-state index in [1.165, 1.54) is 11.3 Å². The van der Waals surface area contributed by atoms with Gasteiger partial charge >= 0.3 is 0 Å². The minimum atomic E-state index is 0.435. The average molecular weight is 263 g/mol. The maximum Gasteiger partial charge on any atom is 0.0594 e. The lowest BCUT2D eigenvalue weighted by molar-refractivity contribution is 0.0165. The first-order valence-corrected chi connectivity index (χ1v) is 6.96. The summed E-state index contributed by atoms with van der Waals surface area (Å²) in [5.74, 6) is 0. The van der Waals surface area contributed by atoms with Crippen molar-refractivity contribution in [1.82, 2.24) is 10.2 Å². The standard InChI is InChI=1S/C15H25N3O/c1-16-12-15(18-8-10-19-11-9-18)13-4-6-14(7-5-13)17(2)3/h4-7,15-16H,8-12H2,1-3H3. The third-order valence-corrected chi connectivity index (χ3v) is 3.68. The number of hydrogen-bond acceptors (Lipinski definition) is 4. The normalized spacial score (nSPS) is 18.3. The molecule has 0 radical (unpaired) electrons. The van der Waals surface area contributed by atoms with E-state index >= 15 is 0 Å². The summed E-state index contributed by atoms with van der Waals surface area (Å²) < 4.78 is 5.45. The van der Waals surface area contributed by atoms with Crippen molar-refractivity contribution in [1.29, 1.82) is 0 Å². The van der Waals surface area contributed by atoms with Gasteiger partial charge in [0, 0.05) is 45.5 Å². The van der Waals surface area contributed by atoms with Gasteiger partial charge in [0.1, 0.15) is 0 Å². The number of ether oxygens (including phenoxy) is 1. The van der Waals surface area contributed by atoms with E-state index in [1.54, 1.807) is 0 Å². The Labute approximate surface area is 116 Å². The molecule has 1 aromatic carbocycles. The van der Waals surface area contributed by atoms with Gasteiger partial charge in [-0.1, -0.05) is 12.1 Å².